The zero-order valence-electron chi connectivity index (χ0n) is 11.2. The van der Waals surface area contributed by atoms with Crippen LogP contribution in [0.5, 0.6) is 0 Å². The van der Waals surface area contributed by atoms with E-state index in [2.05, 4.69) is 28.2 Å². The summed E-state index contributed by atoms with van der Waals surface area (Å²) in [5.41, 5.74) is 1.63. The van der Waals surface area contributed by atoms with Crippen LogP contribution in [0.4, 0.5) is 10.1 Å². The molecule has 0 radical (unpaired) electrons. The summed E-state index contributed by atoms with van der Waals surface area (Å²) in [7, 11) is 0. The van der Waals surface area contributed by atoms with E-state index in [0.717, 1.165) is 22.9 Å². The summed E-state index contributed by atoms with van der Waals surface area (Å²) in [4.78, 5) is 0. The maximum Gasteiger partial charge on any atom is 0.147 e. The first-order chi connectivity index (χ1) is 9.60. The minimum atomic E-state index is -0.255. The standard InChI is InChI=1S/C16H16BrClFN/c1-2-3-15(11-4-7-13(18)8-5-11)20-16-9-6-12(17)10-14(16)19/h4-10,15,20H,2-3H2,1H3. The molecule has 0 aromatic heterocycles. The predicted octanol–water partition coefficient (Wildman–Crippen LogP) is 6.19. The van der Waals surface area contributed by atoms with Crippen molar-refractivity contribution in [2.75, 3.05) is 5.32 Å². The zero-order valence-corrected chi connectivity index (χ0v) is 13.5. The lowest BCUT2D eigenvalue weighted by Crippen LogP contribution is -2.11. The van der Waals surface area contributed by atoms with E-state index < -0.39 is 0 Å². The molecule has 1 unspecified atom stereocenters. The number of nitrogens with one attached hydrogen (secondary N) is 1. The molecule has 0 aliphatic carbocycles. The molecular formula is C16H16BrClFN. The third kappa shape index (κ3) is 3.97. The lowest BCUT2D eigenvalue weighted by Gasteiger charge is -2.20. The van der Waals surface area contributed by atoms with Gasteiger partial charge in [-0.2, -0.15) is 0 Å². The van der Waals surface area contributed by atoms with Gasteiger partial charge in [-0.25, -0.2) is 4.39 Å². The molecule has 0 spiro atoms. The summed E-state index contributed by atoms with van der Waals surface area (Å²) in [6.07, 6.45) is 1.94. The van der Waals surface area contributed by atoms with Gasteiger partial charge >= 0.3 is 0 Å². The molecule has 2 rings (SSSR count). The maximum absolute atomic E-state index is 13.9. The van der Waals surface area contributed by atoms with Crippen molar-refractivity contribution in [3.05, 3.63) is 63.3 Å². The monoisotopic (exact) mass is 355 g/mol. The maximum atomic E-state index is 13.9. The Kier molecular flexibility index (Phi) is 5.44. The summed E-state index contributed by atoms with van der Waals surface area (Å²) in [6, 6.07) is 12.8. The zero-order chi connectivity index (χ0) is 14.5. The first kappa shape index (κ1) is 15.3. The first-order valence-electron chi connectivity index (χ1n) is 6.57. The largest absolute Gasteiger partial charge is 0.376 e. The van der Waals surface area contributed by atoms with Gasteiger partial charge in [-0.3, -0.25) is 0 Å². The smallest absolute Gasteiger partial charge is 0.147 e. The summed E-state index contributed by atoms with van der Waals surface area (Å²) < 4.78 is 14.7. The fraction of sp³-hybridized carbons (Fsp3) is 0.250. The van der Waals surface area contributed by atoms with Crippen molar-refractivity contribution in [1.29, 1.82) is 0 Å². The van der Waals surface area contributed by atoms with Crippen molar-refractivity contribution < 1.29 is 4.39 Å². The van der Waals surface area contributed by atoms with Crippen molar-refractivity contribution >= 4 is 33.2 Å². The van der Waals surface area contributed by atoms with Gasteiger partial charge < -0.3 is 5.32 Å². The van der Waals surface area contributed by atoms with Gasteiger partial charge in [0.25, 0.3) is 0 Å². The van der Waals surface area contributed by atoms with Gasteiger partial charge in [-0.05, 0) is 42.3 Å². The lowest BCUT2D eigenvalue weighted by molar-refractivity contribution is 0.617. The molecule has 1 N–H and O–H groups in total. The van der Waals surface area contributed by atoms with E-state index in [1.54, 1.807) is 6.07 Å². The van der Waals surface area contributed by atoms with Crippen LogP contribution in [-0.2, 0) is 0 Å². The quantitative estimate of drug-likeness (QED) is 0.673. The molecule has 0 saturated carbocycles. The second kappa shape index (κ2) is 7.09. The molecule has 0 amide bonds. The van der Waals surface area contributed by atoms with E-state index in [9.17, 15) is 4.39 Å². The van der Waals surface area contributed by atoms with Crippen LogP contribution in [0.1, 0.15) is 31.4 Å². The number of anilines is 1. The van der Waals surface area contributed by atoms with Crippen LogP contribution in [0.3, 0.4) is 0 Å². The van der Waals surface area contributed by atoms with Gasteiger partial charge in [-0.1, -0.05) is 53.0 Å². The fourth-order valence-corrected chi connectivity index (χ4v) is 2.56. The second-order valence-electron chi connectivity index (χ2n) is 4.66. The molecule has 1 atom stereocenters. The third-order valence-electron chi connectivity index (χ3n) is 3.11. The Bertz CT molecular complexity index is 571. The summed E-state index contributed by atoms with van der Waals surface area (Å²) in [6.45, 7) is 2.11. The number of hydrogen-bond acceptors (Lipinski definition) is 1. The Hall–Kier alpha value is -1.06. The Morgan fingerprint density at radius 1 is 1.20 bits per heavy atom. The Morgan fingerprint density at radius 2 is 1.90 bits per heavy atom. The molecule has 0 bridgehead atoms. The number of halogens is 3. The van der Waals surface area contributed by atoms with Crippen molar-refractivity contribution in [2.45, 2.75) is 25.8 Å². The highest BCUT2D eigenvalue weighted by Crippen LogP contribution is 2.27. The number of rotatable bonds is 5. The lowest BCUT2D eigenvalue weighted by atomic mass is 10.0. The Balaban J connectivity index is 2.22. The van der Waals surface area contributed by atoms with E-state index >= 15 is 0 Å². The van der Waals surface area contributed by atoms with Gasteiger partial charge in [0.1, 0.15) is 5.82 Å². The van der Waals surface area contributed by atoms with Crippen LogP contribution < -0.4 is 5.32 Å². The van der Waals surface area contributed by atoms with Crippen molar-refractivity contribution in [2.24, 2.45) is 0 Å². The molecule has 0 saturated heterocycles. The summed E-state index contributed by atoms with van der Waals surface area (Å²) in [5, 5.41) is 3.98. The van der Waals surface area contributed by atoms with E-state index in [-0.39, 0.29) is 11.9 Å². The molecule has 4 heteroatoms. The fourth-order valence-electron chi connectivity index (χ4n) is 2.10. The molecule has 20 heavy (non-hydrogen) atoms. The molecular weight excluding hydrogens is 341 g/mol. The number of hydrogen-bond donors (Lipinski definition) is 1. The Morgan fingerprint density at radius 3 is 2.50 bits per heavy atom. The van der Waals surface area contributed by atoms with Crippen LogP contribution in [0.2, 0.25) is 5.02 Å². The highest BCUT2D eigenvalue weighted by atomic mass is 79.9. The van der Waals surface area contributed by atoms with Gasteiger partial charge in [0.05, 0.1) is 11.7 Å². The minimum Gasteiger partial charge on any atom is -0.376 e. The van der Waals surface area contributed by atoms with Crippen LogP contribution in [0.25, 0.3) is 0 Å². The summed E-state index contributed by atoms with van der Waals surface area (Å²) in [5.74, 6) is -0.255. The highest BCUT2D eigenvalue weighted by Gasteiger charge is 2.12. The second-order valence-corrected chi connectivity index (χ2v) is 6.01. The normalized spacial score (nSPS) is 12.2. The molecule has 106 valence electrons. The van der Waals surface area contributed by atoms with Crippen LogP contribution in [-0.4, -0.2) is 0 Å². The summed E-state index contributed by atoms with van der Waals surface area (Å²) >= 11 is 9.17. The molecule has 2 aromatic carbocycles. The number of benzene rings is 2. The van der Waals surface area contributed by atoms with Gasteiger partial charge in [0.2, 0.25) is 0 Å². The first-order valence-corrected chi connectivity index (χ1v) is 7.74. The van der Waals surface area contributed by atoms with E-state index in [1.807, 2.05) is 30.3 Å². The Labute approximate surface area is 132 Å². The average molecular weight is 357 g/mol. The molecule has 0 aliphatic rings. The van der Waals surface area contributed by atoms with Gasteiger partial charge in [0, 0.05) is 9.50 Å². The van der Waals surface area contributed by atoms with Gasteiger partial charge in [-0.15, -0.1) is 0 Å². The predicted molar refractivity (Wildman–Crippen MR) is 86.8 cm³/mol. The molecule has 1 nitrogen and oxygen atoms in total. The molecule has 0 heterocycles. The van der Waals surface area contributed by atoms with Crippen molar-refractivity contribution in [1.82, 2.24) is 0 Å². The van der Waals surface area contributed by atoms with E-state index in [4.69, 9.17) is 11.6 Å². The molecule has 0 fully saturated rings. The average Bonchev–Trinajstić information content (AvgIpc) is 2.42. The van der Waals surface area contributed by atoms with E-state index in [0.29, 0.717) is 10.7 Å². The highest BCUT2D eigenvalue weighted by molar-refractivity contribution is 9.10. The van der Waals surface area contributed by atoms with Crippen molar-refractivity contribution in [3.63, 3.8) is 0 Å². The van der Waals surface area contributed by atoms with Crippen LogP contribution >= 0.6 is 27.5 Å². The third-order valence-corrected chi connectivity index (χ3v) is 3.86. The molecule has 2 aromatic rings. The van der Waals surface area contributed by atoms with Crippen molar-refractivity contribution in [3.8, 4) is 0 Å². The van der Waals surface area contributed by atoms with Gasteiger partial charge in [0.15, 0.2) is 0 Å². The topological polar surface area (TPSA) is 12.0 Å². The SMILES string of the molecule is CCCC(Nc1ccc(Br)cc1F)c1ccc(Cl)cc1. The minimum absolute atomic E-state index is 0.0768. The molecule has 0 aliphatic heterocycles. The van der Waals surface area contributed by atoms with Crippen LogP contribution in [0, 0.1) is 5.82 Å². The van der Waals surface area contributed by atoms with Crippen LogP contribution in [0.15, 0.2) is 46.9 Å². The van der Waals surface area contributed by atoms with E-state index in [1.165, 1.54) is 6.07 Å².